The molecule has 0 aliphatic rings. The first-order valence-corrected chi connectivity index (χ1v) is 8.34. The number of nitrogens with zero attached hydrogens (tertiary/aromatic N) is 3. The molecule has 2 heterocycles. The van der Waals surface area contributed by atoms with Crippen LogP contribution in [0.15, 0.2) is 40.1 Å². The van der Waals surface area contributed by atoms with E-state index in [1.165, 1.54) is 11.3 Å². The van der Waals surface area contributed by atoms with Crippen molar-refractivity contribution in [1.82, 2.24) is 15.2 Å². The van der Waals surface area contributed by atoms with Gasteiger partial charge >= 0.3 is 5.97 Å². The van der Waals surface area contributed by atoms with Gasteiger partial charge in [-0.1, -0.05) is 18.2 Å². The summed E-state index contributed by atoms with van der Waals surface area (Å²) in [7, 11) is 0. The van der Waals surface area contributed by atoms with Gasteiger partial charge in [0.2, 0.25) is 11.8 Å². The molecule has 0 saturated heterocycles. The van der Waals surface area contributed by atoms with E-state index in [1.54, 1.807) is 6.92 Å². The second kappa shape index (κ2) is 7.69. The van der Waals surface area contributed by atoms with E-state index in [-0.39, 0.29) is 12.4 Å². The Morgan fingerprint density at radius 2 is 2.12 bits per heavy atom. The summed E-state index contributed by atoms with van der Waals surface area (Å²) < 4.78 is 10.5. The van der Waals surface area contributed by atoms with Crippen molar-refractivity contribution < 1.29 is 13.9 Å². The lowest BCUT2D eigenvalue weighted by atomic mass is 10.2. The molecule has 3 rings (SSSR count). The quantitative estimate of drug-likeness (QED) is 0.659. The van der Waals surface area contributed by atoms with Crippen molar-refractivity contribution in [2.45, 2.75) is 19.9 Å². The molecule has 1 N–H and O–H groups in total. The fraction of sp³-hybridized carbons (Fsp3) is 0.250. The van der Waals surface area contributed by atoms with Crippen LogP contribution in [0.2, 0.25) is 0 Å². The van der Waals surface area contributed by atoms with E-state index < -0.39 is 0 Å². The van der Waals surface area contributed by atoms with Crippen LogP contribution in [0.4, 0.5) is 5.13 Å². The number of aromatic nitrogens is 3. The fourth-order valence-electron chi connectivity index (χ4n) is 2.00. The highest BCUT2D eigenvalue weighted by molar-refractivity contribution is 7.13. The van der Waals surface area contributed by atoms with Crippen LogP contribution >= 0.6 is 11.3 Å². The van der Waals surface area contributed by atoms with Crippen LogP contribution < -0.4 is 5.32 Å². The van der Waals surface area contributed by atoms with Crippen LogP contribution in [0.1, 0.15) is 18.5 Å². The van der Waals surface area contributed by atoms with Gasteiger partial charge in [0.15, 0.2) is 5.13 Å². The summed E-state index contributed by atoms with van der Waals surface area (Å²) in [6, 6.07) is 9.58. The minimum absolute atomic E-state index is 0.171. The van der Waals surface area contributed by atoms with Crippen LogP contribution in [0.5, 0.6) is 0 Å². The standard InChI is InChI=1S/C16H16N4O3S/c1-2-22-14(21)8-12-10-24-16(18-12)17-9-13-19-20-15(23-13)11-6-4-3-5-7-11/h3-7,10H,2,8-9H2,1H3,(H,17,18). The van der Waals surface area contributed by atoms with Crippen LogP contribution in [-0.4, -0.2) is 27.8 Å². The number of hydrogen-bond acceptors (Lipinski definition) is 8. The molecule has 0 aliphatic heterocycles. The molecule has 3 aromatic rings. The van der Waals surface area contributed by atoms with E-state index in [0.29, 0.717) is 35.8 Å². The molecule has 0 spiro atoms. The molecule has 2 aromatic heterocycles. The molecule has 0 fully saturated rings. The molecule has 0 atom stereocenters. The highest BCUT2D eigenvalue weighted by Gasteiger charge is 2.10. The van der Waals surface area contributed by atoms with E-state index >= 15 is 0 Å². The highest BCUT2D eigenvalue weighted by atomic mass is 32.1. The zero-order valence-corrected chi connectivity index (χ0v) is 13.9. The van der Waals surface area contributed by atoms with Crippen LogP contribution in [0.3, 0.4) is 0 Å². The summed E-state index contributed by atoms with van der Waals surface area (Å²) in [4.78, 5) is 15.8. The smallest absolute Gasteiger partial charge is 0.311 e. The fourth-order valence-corrected chi connectivity index (χ4v) is 2.71. The van der Waals surface area contributed by atoms with Gasteiger partial charge in [-0.15, -0.1) is 21.5 Å². The maximum Gasteiger partial charge on any atom is 0.311 e. The summed E-state index contributed by atoms with van der Waals surface area (Å²) >= 11 is 1.41. The molecule has 0 amide bonds. The topological polar surface area (TPSA) is 90.1 Å². The van der Waals surface area contributed by atoms with E-state index in [2.05, 4.69) is 20.5 Å². The summed E-state index contributed by atoms with van der Waals surface area (Å²) in [6.45, 7) is 2.52. The molecule has 124 valence electrons. The van der Waals surface area contributed by atoms with E-state index in [4.69, 9.17) is 9.15 Å². The third kappa shape index (κ3) is 4.17. The largest absolute Gasteiger partial charge is 0.466 e. The molecule has 24 heavy (non-hydrogen) atoms. The first-order valence-electron chi connectivity index (χ1n) is 7.46. The molecular formula is C16H16N4O3S. The Hall–Kier alpha value is -2.74. The lowest BCUT2D eigenvalue weighted by Gasteiger charge is -1.99. The lowest BCUT2D eigenvalue weighted by Crippen LogP contribution is -2.08. The first-order chi connectivity index (χ1) is 11.7. The Morgan fingerprint density at radius 3 is 2.92 bits per heavy atom. The maximum atomic E-state index is 11.4. The molecule has 0 aliphatic carbocycles. The normalized spacial score (nSPS) is 10.5. The summed E-state index contributed by atoms with van der Waals surface area (Å²) in [5, 5.41) is 13.7. The Balaban J connectivity index is 1.56. The average molecular weight is 344 g/mol. The number of hydrogen-bond donors (Lipinski definition) is 1. The van der Waals surface area contributed by atoms with Gasteiger partial charge in [-0.25, -0.2) is 4.98 Å². The number of benzene rings is 1. The third-order valence-electron chi connectivity index (χ3n) is 3.06. The van der Waals surface area contributed by atoms with Gasteiger partial charge in [-0.05, 0) is 19.1 Å². The number of carbonyl (C=O) groups excluding carboxylic acids is 1. The Kier molecular flexibility index (Phi) is 5.17. The number of esters is 1. The minimum Gasteiger partial charge on any atom is -0.466 e. The molecule has 8 heteroatoms. The zero-order valence-electron chi connectivity index (χ0n) is 13.1. The number of carbonyl (C=O) groups is 1. The monoisotopic (exact) mass is 344 g/mol. The van der Waals surface area contributed by atoms with Gasteiger partial charge in [0, 0.05) is 10.9 Å². The Bertz CT molecular complexity index is 801. The Morgan fingerprint density at radius 1 is 1.29 bits per heavy atom. The van der Waals surface area contributed by atoms with Crippen LogP contribution in [-0.2, 0) is 22.5 Å². The first kappa shape index (κ1) is 16.1. The van der Waals surface area contributed by atoms with Crippen molar-refractivity contribution in [3.05, 3.63) is 47.3 Å². The second-order valence-corrected chi connectivity index (χ2v) is 5.70. The number of rotatable bonds is 7. The molecule has 1 aromatic carbocycles. The molecule has 7 nitrogen and oxygen atoms in total. The van der Waals surface area contributed by atoms with Gasteiger partial charge in [0.25, 0.3) is 0 Å². The van der Waals surface area contributed by atoms with E-state index in [0.717, 1.165) is 5.56 Å². The second-order valence-electron chi connectivity index (χ2n) is 4.85. The lowest BCUT2D eigenvalue weighted by molar-refractivity contribution is -0.142. The summed E-state index contributed by atoms with van der Waals surface area (Å²) in [5.41, 5.74) is 1.55. The minimum atomic E-state index is -0.279. The predicted octanol–water partition coefficient (Wildman–Crippen LogP) is 2.91. The van der Waals surface area contributed by atoms with Crippen molar-refractivity contribution in [3.8, 4) is 11.5 Å². The van der Waals surface area contributed by atoms with Gasteiger partial charge in [0.05, 0.1) is 25.3 Å². The number of anilines is 1. The average Bonchev–Trinajstić information content (AvgIpc) is 3.23. The maximum absolute atomic E-state index is 11.4. The highest BCUT2D eigenvalue weighted by Crippen LogP contribution is 2.19. The molecule has 0 saturated carbocycles. The number of ether oxygens (including phenoxy) is 1. The predicted molar refractivity (Wildman–Crippen MR) is 89.5 cm³/mol. The van der Waals surface area contributed by atoms with Crippen molar-refractivity contribution in [2.75, 3.05) is 11.9 Å². The van der Waals surface area contributed by atoms with E-state index in [1.807, 2.05) is 35.7 Å². The van der Waals surface area contributed by atoms with Gasteiger partial charge in [-0.3, -0.25) is 4.79 Å². The molecule has 0 radical (unpaired) electrons. The van der Waals surface area contributed by atoms with Crippen molar-refractivity contribution in [3.63, 3.8) is 0 Å². The molecule has 0 unspecified atom stereocenters. The third-order valence-corrected chi connectivity index (χ3v) is 3.91. The zero-order chi connectivity index (χ0) is 16.8. The summed E-state index contributed by atoms with van der Waals surface area (Å²) in [5.74, 6) is 0.671. The van der Waals surface area contributed by atoms with Crippen molar-refractivity contribution >= 4 is 22.4 Å². The molecular weight excluding hydrogens is 328 g/mol. The van der Waals surface area contributed by atoms with Gasteiger partial charge in [0.1, 0.15) is 0 Å². The number of thiazole rings is 1. The van der Waals surface area contributed by atoms with Gasteiger partial charge < -0.3 is 14.5 Å². The van der Waals surface area contributed by atoms with Crippen LogP contribution in [0, 0.1) is 0 Å². The van der Waals surface area contributed by atoms with E-state index in [9.17, 15) is 4.79 Å². The SMILES string of the molecule is CCOC(=O)Cc1csc(NCc2nnc(-c3ccccc3)o2)n1. The van der Waals surface area contributed by atoms with Crippen molar-refractivity contribution in [2.24, 2.45) is 0 Å². The summed E-state index contributed by atoms with van der Waals surface area (Å²) in [6.07, 6.45) is 0.171. The van der Waals surface area contributed by atoms with Crippen LogP contribution in [0.25, 0.3) is 11.5 Å². The number of nitrogens with one attached hydrogen (secondary N) is 1. The Labute approximate surface area is 142 Å². The van der Waals surface area contributed by atoms with Gasteiger partial charge in [-0.2, -0.15) is 0 Å². The molecule has 0 bridgehead atoms. The van der Waals surface area contributed by atoms with Crippen molar-refractivity contribution in [1.29, 1.82) is 0 Å².